The molecule has 1 aliphatic heterocycles. The normalized spacial score (nSPS) is 15.5. The lowest BCUT2D eigenvalue weighted by Gasteiger charge is -2.27. The fraction of sp³-hybridized carbons (Fsp3) is 0.0952. The maximum absolute atomic E-state index is 6.38. The first-order chi connectivity index (χ1) is 12.8. The Balaban J connectivity index is 1.80. The Bertz CT molecular complexity index is 1090. The molecule has 0 saturated carbocycles. The van der Waals surface area contributed by atoms with Gasteiger partial charge >= 0.3 is 0 Å². The third-order valence-electron chi connectivity index (χ3n) is 4.17. The minimum absolute atomic E-state index is 0.393. The Morgan fingerprint density at radius 3 is 2.58 bits per heavy atom. The zero-order valence-electron chi connectivity index (χ0n) is 14.2. The quantitative estimate of drug-likeness (QED) is 0.723. The highest BCUT2D eigenvalue weighted by Crippen LogP contribution is 2.26. The van der Waals surface area contributed by atoms with Gasteiger partial charge in [-0.3, -0.25) is 4.90 Å². The number of nitrogens with two attached hydrogens (primary N) is 1. The van der Waals surface area contributed by atoms with E-state index in [1.807, 2.05) is 54.6 Å². The van der Waals surface area contributed by atoms with Crippen molar-refractivity contribution in [2.75, 3.05) is 7.11 Å². The fourth-order valence-corrected chi connectivity index (χ4v) is 2.79. The van der Waals surface area contributed by atoms with Crippen LogP contribution in [0.15, 0.2) is 76.3 Å². The van der Waals surface area contributed by atoms with Crippen LogP contribution in [0.5, 0.6) is 5.75 Å². The Morgan fingerprint density at radius 1 is 1.08 bits per heavy atom. The maximum Gasteiger partial charge on any atom is 0.227 e. The molecule has 5 nitrogen and oxygen atoms in total. The van der Waals surface area contributed by atoms with Crippen LogP contribution in [-0.2, 0) is 0 Å². The molecule has 0 aliphatic carbocycles. The molecule has 0 radical (unpaired) electrons. The van der Waals surface area contributed by atoms with E-state index in [2.05, 4.69) is 12.0 Å². The minimum Gasteiger partial charge on any atom is -0.497 e. The van der Waals surface area contributed by atoms with Crippen molar-refractivity contribution in [3.05, 3.63) is 88.8 Å². The Kier molecular flexibility index (Phi) is 4.08. The minimum atomic E-state index is -0.393. The van der Waals surface area contributed by atoms with Crippen LogP contribution < -0.4 is 21.2 Å². The van der Waals surface area contributed by atoms with Crippen LogP contribution in [0.1, 0.15) is 17.3 Å². The third-order valence-corrected chi connectivity index (χ3v) is 4.17. The van der Waals surface area contributed by atoms with Gasteiger partial charge in [0.2, 0.25) is 5.55 Å². The number of fused-ring (bicyclic) bond motifs is 1. The average Bonchev–Trinajstić information content (AvgIpc) is 3.17. The predicted molar refractivity (Wildman–Crippen MR) is 98.0 cm³/mol. The summed E-state index contributed by atoms with van der Waals surface area (Å²) in [5, 5.41) is 0.747. The number of benzene rings is 2. The number of nitrogens with zero attached hydrogens (tertiary/aromatic N) is 2. The summed E-state index contributed by atoms with van der Waals surface area (Å²) in [6.07, 6.45) is 1.19. The van der Waals surface area contributed by atoms with Crippen LogP contribution >= 0.6 is 0 Å². The molecule has 0 spiro atoms. The molecule has 2 heterocycles. The van der Waals surface area contributed by atoms with Crippen molar-refractivity contribution in [2.24, 2.45) is 10.7 Å². The first-order valence-electron chi connectivity index (χ1n) is 8.17. The van der Waals surface area contributed by atoms with Crippen LogP contribution in [0, 0.1) is 12.0 Å². The number of hydrogen-bond acceptors (Lipinski definition) is 5. The van der Waals surface area contributed by atoms with Crippen molar-refractivity contribution < 1.29 is 9.15 Å². The van der Waals surface area contributed by atoms with Crippen molar-refractivity contribution in [3.63, 3.8) is 0 Å². The van der Waals surface area contributed by atoms with Crippen molar-refractivity contribution in [1.29, 1.82) is 0 Å². The number of hydrogen-bond donors (Lipinski definition) is 1. The molecular weight excluding hydrogens is 326 g/mol. The van der Waals surface area contributed by atoms with Crippen LogP contribution in [-0.4, -0.2) is 12.0 Å². The number of ether oxygens (including phenoxy) is 1. The highest BCUT2D eigenvalue weighted by atomic mass is 16.5. The van der Waals surface area contributed by atoms with Crippen LogP contribution in [0.3, 0.4) is 0 Å². The SMILES string of the molecule is COc1ccc(C2N=c3occc3=C(N)N2C#Cc2ccccc2)cc1. The average molecular weight is 343 g/mol. The summed E-state index contributed by atoms with van der Waals surface area (Å²) >= 11 is 0. The Morgan fingerprint density at radius 2 is 1.85 bits per heavy atom. The largest absolute Gasteiger partial charge is 0.497 e. The van der Waals surface area contributed by atoms with E-state index in [0.717, 1.165) is 22.1 Å². The first-order valence-corrected chi connectivity index (χ1v) is 8.17. The van der Waals surface area contributed by atoms with Gasteiger partial charge in [-0.1, -0.05) is 30.3 Å². The first kappa shape index (κ1) is 15.9. The second kappa shape index (κ2) is 6.69. The summed E-state index contributed by atoms with van der Waals surface area (Å²) in [6, 6.07) is 22.4. The number of furan rings is 1. The molecule has 1 unspecified atom stereocenters. The molecule has 0 fully saturated rings. The fourth-order valence-electron chi connectivity index (χ4n) is 2.79. The van der Waals surface area contributed by atoms with Gasteiger partial charge in [-0.05, 0) is 41.8 Å². The lowest BCUT2D eigenvalue weighted by atomic mass is 10.1. The Labute approximate surface area is 151 Å². The number of rotatable bonds is 2. The smallest absolute Gasteiger partial charge is 0.227 e. The molecule has 128 valence electrons. The molecule has 2 N–H and O–H groups in total. The highest BCUT2D eigenvalue weighted by molar-refractivity contribution is 5.47. The molecule has 3 aromatic rings. The zero-order chi connectivity index (χ0) is 17.9. The zero-order valence-corrected chi connectivity index (χ0v) is 14.2. The van der Waals surface area contributed by atoms with E-state index in [1.165, 1.54) is 0 Å². The van der Waals surface area contributed by atoms with Gasteiger partial charge in [-0.15, -0.1) is 0 Å². The van der Waals surface area contributed by atoms with Crippen molar-refractivity contribution >= 4 is 5.82 Å². The summed E-state index contributed by atoms with van der Waals surface area (Å²) in [4.78, 5) is 6.46. The standard InChI is InChI=1S/C21H17N3O2/c1-25-17-9-7-16(8-10-17)20-23-21-18(12-14-26-21)19(22)24(20)13-11-15-5-3-2-4-6-15/h2-10,12,14,20H,22H2,1H3. The summed E-state index contributed by atoms with van der Waals surface area (Å²) in [5.41, 5.74) is 8.75. The van der Waals surface area contributed by atoms with Gasteiger partial charge in [0.25, 0.3) is 0 Å². The molecule has 1 aliphatic rings. The molecule has 0 bridgehead atoms. The van der Waals surface area contributed by atoms with Gasteiger partial charge in [0.1, 0.15) is 11.6 Å². The van der Waals surface area contributed by atoms with E-state index >= 15 is 0 Å². The Hall–Kier alpha value is -3.65. The van der Waals surface area contributed by atoms with Gasteiger partial charge < -0.3 is 14.9 Å². The molecule has 4 rings (SSSR count). The van der Waals surface area contributed by atoms with Gasteiger partial charge in [0.15, 0.2) is 6.17 Å². The second-order valence-corrected chi connectivity index (χ2v) is 5.77. The second-order valence-electron chi connectivity index (χ2n) is 5.77. The monoisotopic (exact) mass is 343 g/mol. The highest BCUT2D eigenvalue weighted by Gasteiger charge is 2.24. The molecule has 1 atom stereocenters. The van der Waals surface area contributed by atoms with E-state index in [0.29, 0.717) is 11.4 Å². The lowest BCUT2D eigenvalue weighted by molar-refractivity contribution is 0.370. The molecule has 0 saturated heterocycles. The topological polar surface area (TPSA) is 64.0 Å². The van der Waals surface area contributed by atoms with Crippen LogP contribution in [0.25, 0.3) is 5.82 Å². The van der Waals surface area contributed by atoms with Gasteiger partial charge in [-0.25, -0.2) is 4.99 Å². The third kappa shape index (κ3) is 2.89. The summed E-state index contributed by atoms with van der Waals surface area (Å²) < 4.78 is 10.7. The molecule has 2 aromatic carbocycles. The summed E-state index contributed by atoms with van der Waals surface area (Å²) in [5.74, 6) is 4.45. The van der Waals surface area contributed by atoms with Gasteiger partial charge in [0, 0.05) is 11.6 Å². The molecule has 26 heavy (non-hydrogen) atoms. The van der Waals surface area contributed by atoms with E-state index in [4.69, 9.17) is 19.9 Å². The van der Waals surface area contributed by atoms with Crippen molar-refractivity contribution in [3.8, 4) is 17.7 Å². The van der Waals surface area contributed by atoms with E-state index in [9.17, 15) is 0 Å². The van der Waals surface area contributed by atoms with Gasteiger partial charge in [-0.2, -0.15) is 0 Å². The predicted octanol–water partition coefficient (Wildman–Crippen LogP) is 1.96. The summed E-state index contributed by atoms with van der Waals surface area (Å²) in [7, 11) is 1.64. The molecular formula is C21H17N3O2. The maximum atomic E-state index is 6.38. The van der Waals surface area contributed by atoms with Gasteiger partial charge in [0.05, 0.1) is 18.6 Å². The van der Waals surface area contributed by atoms with Crippen molar-refractivity contribution in [2.45, 2.75) is 6.17 Å². The van der Waals surface area contributed by atoms with E-state index in [1.54, 1.807) is 24.3 Å². The number of methoxy groups -OCH3 is 1. The summed E-state index contributed by atoms with van der Waals surface area (Å²) in [6.45, 7) is 0. The van der Waals surface area contributed by atoms with E-state index in [-0.39, 0.29) is 0 Å². The van der Waals surface area contributed by atoms with Crippen molar-refractivity contribution in [1.82, 2.24) is 4.90 Å². The lowest BCUT2D eigenvalue weighted by Crippen LogP contribution is -2.41. The van der Waals surface area contributed by atoms with E-state index < -0.39 is 6.17 Å². The molecule has 5 heteroatoms. The van der Waals surface area contributed by atoms with Crippen LogP contribution in [0.4, 0.5) is 0 Å². The molecule has 0 amide bonds. The van der Waals surface area contributed by atoms with Crippen LogP contribution in [0.2, 0.25) is 0 Å². The molecule has 1 aromatic heterocycles.